The van der Waals surface area contributed by atoms with Gasteiger partial charge < -0.3 is 34.8 Å². The molecule has 2 aromatic heterocycles. The van der Waals surface area contributed by atoms with Gasteiger partial charge in [0.2, 0.25) is 0 Å². The minimum absolute atomic E-state index is 0. The smallest absolute Gasteiger partial charge is 1.00 e. The summed E-state index contributed by atoms with van der Waals surface area (Å²) in [5, 5.41) is 3.77. The van der Waals surface area contributed by atoms with Crippen molar-refractivity contribution in [3.8, 4) is 0 Å². The summed E-state index contributed by atoms with van der Waals surface area (Å²) in [6.45, 7) is 0. The van der Waals surface area contributed by atoms with Crippen molar-refractivity contribution in [3.05, 3.63) is 73.1 Å². The van der Waals surface area contributed by atoms with Crippen molar-refractivity contribution < 1.29 is 46.5 Å². The molecule has 104 valence electrons. The summed E-state index contributed by atoms with van der Waals surface area (Å²) in [5.41, 5.74) is 0.900. The Morgan fingerprint density at radius 1 is 0.952 bits per heavy atom. The topological polar surface area (TPSA) is 28.7 Å². The summed E-state index contributed by atoms with van der Waals surface area (Å²) in [5.74, 6) is 0. The molecule has 1 N–H and O–H groups in total. The maximum absolute atomic E-state index is 4.05. The van der Waals surface area contributed by atoms with Gasteiger partial charge in [0.25, 0.3) is 0 Å². The zero-order chi connectivity index (χ0) is 12.2. The molecule has 0 aliphatic rings. The Bertz CT molecular complexity index is 638. The number of hydrogen-bond acceptors (Lipinski definition) is 1. The van der Waals surface area contributed by atoms with Gasteiger partial charge in [0, 0.05) is 6.20 Å². The van der Waals surface area contributed by atoms with Crippen LogP contribution in [-0.4, -0.2) is 9.97 Å². The van der Waals surface area contributed by atoms with Crippen LogP contribution in [0.5, 0.6) is 0 Å². The standard InChI is InChI=1S/C9H7.C7H5N2.2ClH.Ti/c1-2-5-9-7-3-6-8(9)4-1;1-2-6-3-5-9-7(6)8-4-1;;;/h1-7H;1-4H,(H,8,9);2*1H;/q2*-1;;;+4/p-2. The van der Waals surface area contributed by atoms with Crippen molar-refractivity contribution in [2.45, 2.75) is 0 Å². The fraction of sp³-hybridized carbons (Fsp3) is 0. The monoisotopic (exact) mass is 350 g/mol. The Hall–Kier alpha value is -1.19. The molecule has 0 aliphatic carbocycles. The first-order chi connectivity index (χ1) is 8.93. The van der Waals surface area contributed by atoms with Crippen molar-refractivity contribution in [1.82, 2.24) is 9.97 Å². The molecule has 2 nitrogen and oxygen atoms in total. The number of aromatic amines is 1. The molecule has 4 rings (SSSR count). The number of fused-ring (bicyclic) bond motifs is 2. The fourth-order valence-corrected chi connectivity index (χ4v) is 1.89. The van der Waals surface area contributed by atoms with Crippen molar-refractivity contribution in [3.63, 3.8) is 0 Å². The number of aromatic nitrogens is 2. The zero-order valence-electron chi connectivity index (χ0n) is 11.1. The second kappa shape index (κ2) is 9.70. The number of rotatable bonds is 0. The molecule has 0 spiro atoms. The maximum Gasteiger partial charge on any atom is 4.00 e. The van der Waals surface area contributed by atoms with E-state index in [-0.39, 0.29) is 46.5 Å². The predicted octanol–water partition coefficient (Wildman–Crippen LogP) is -2.07. The Kier molecular flexibility index (Phi) is 9.15. The average molecular weight is 351 g/mol. The Labute approximate surface area is 151 Å². The van der Waals surface area contributed by atoms with Crippen LogP contribution in [0.15, 0.2) is 66.9 Å². The Morgan fingerprint density at radius 2 is 1.71 bits per heavy atom. The molecule has 0 amide bonds. The largest absolute Gasteiger partial charge is 4.00 e. The molecule has 2 aromatic carbocycles. The van der Waals surface area contributed by atoms with Crippen LogP contribution in [0.25, 0.3) is 21.8 Å². The third-order valence-corrected chi connectivity index (χ3v) is 2.80. The van der Waals surface area contributed by atoms with E-state index in [0.717, 1.165) is 11.0 Å². The summed E-state index contributed by atoms with van der Waals surface area (Å²) in [6, 6.07) is 20.5. The third kappa shape index (κ3) is 4.94. The van der Waals surface area contributed by atoms with Gasteiger partial charge in [-0.1, -0.05) is 12.1 Å². The van der Waals surface area contributed by atoms with Gasteiger partial charge in [-0.2, -0.15) is 23.6 Å². The quantitative estimate of drug-likeness (QED) is 0.286. The summed E-state index contributed by atoms with van der Waals surface area (Å²) in [7, 11) is 0. The van der Waals surface area contributed by atoms with Gasteiger partial charge in [-0.05, 0) is 5.65 Å². The number of nitrogens with one attached hydrogen (secondary N) is 1. The van der Waals surface area contributed by atoms with Gasteiger partial charge in [-0.25, -0.2) is 0 Å². The van der Waals surface area contributed by atoms with E-state index in [1.807, 2.05) is 18.2 Å². The van der Waals surface area contributed by atoms with Gasteiger partial charge >= 0.3 is 21.7 Å². The molecule has 2 heterocycles. The summed E-state index contributed by atoms with van der Waals surface area (Å²) >= 11 is 0. The minimum atomic E-state index is 0. The van der Waals surface area contributed by atoms with Gasteiger partial charge in [0.05, 0.1) is 0 Å². The van der Waals surface area contributed by atoms with Crippen LogP contribution in [0.4, 0.5) is 0 Å². The van der Waals surface area contributed by atoms with Crippen molar-refractivity contribution in [2.75, 3.05) is 0 Å². The number of hydrogen-bond donors (Lipinski definition) is 1. The van der Waals surface area contributed by atoms with Crippen molar-refractivity contribution >= 4 is 21.8 Å². The van der Waals surface area contributed by atoms with Crippen LogP contribution in [0, 0.1) is 6.20 Å². The second-order valence-electron chi connectivity index (χ2n) is 4.01. The van der Waals surface area contributed by atoms with E-state index in [2.05, 4.69) is 58.6 Å². The molecule has 0 saturated heterocycles. The number of pyridine rings is 1. The molecule has 0 unspecified atom stereocenters. The molecule has 4 aromatic rings. The molecular formula is C16H12Cl2N2Ti. The molecule has 0 aliphatic heterocycles. The fourth-order valence-electron chi connectivity index (χ4n) is 1.89. The molecule has 0 bridgehead atoms. The predicted molar refractivity (Wildman–Crippen MR) is 74.5 cm³/mol. The summed E-state index contributed by atoms with van der Waals surface area (Å²) in [6.07, 6.45) is 4.61. The van der Waals surface area contributed by atoms with Gasteiger partial charge in [-0.15, -0.1) is 47.3 Å². The molecule has 0 saturated carbocycles. The first kappa shape index (κ1) is 19.8. The van der Waals surface area contributed by atoms with E-state index in [0.29, 0.717) is 0 Å². The minimum Gasteiger partial charge on any atom is -1.00 e. The first-order valence-corrected chi connectivity index (χ1v) is 5.84. The van der Waals surface area contributed by atoms with Crippen LogP contribution < -0.4 is 24.8 Å². The first-order valence-electron chi connectivity index (χ1n) is 5.84. The van der Waals surface area contributed by atoms with Crippen molar-refractivity contribution in [1.29, 1.82) is 0 Å². The van der Waals surface area contributed by atoms with E-state index < -0.39 is 0 Å². The SMILES string of the molecule is [Cl-].[Cl-].[Ti+4].[c-]1cc2cccnc2[nH]1.c1ccc2[cH-]ccc2c1. The average Bonchev–Trinajstić information content (AvgIpc) is 3.08. The maximum atomic E-state index is 4.05. The number of nitrogens with zero attached hydrogens (tertiary/aromatic N) is 1. The van der Waals surface area contributed by atoms with Gasteiger partial charge in [0.1, 0.15) is 0 Å². The molecule has 21 heavy (non-hydrogen) atoms. The van der Waals surface area contributed by atoms with Crippen LogP contribution in [-0.2, 0) is 21.7 Å². The molecular weight excluding hydrogens is 339 g/mol. The van der Waals surface area contributed by atoms with E-state index in [1.54, 1.807) is 6.20 Å². The summed E-state index contributed by atoms with van der Waals surface area (Å²) < 4.78 is 0. The van der Waals surface area contributed by atoms with Crippen LogP contribution in [0.1, 0.15) is 0 Å². The van der Waals surface area contributed by atoms with Crippen LogP contribution >= 0.6 is 0 Å². The van der Waals surface area contributed by atoms with E-state index in [4.69, 9.17) is 0 Å². The van der Waals surface area contributed by atoms with Crippen molar-refractivity contribution in [2.24, 2.45) is 0 Å². The number of H-pyrrole nitrogens is 1. The van der Waals surface area contributed by atoms with E-state index >= 15 is 0 Å². The van der Waals surface area contributed by atoms with Crippen LogP contribution in [0.2, 0.25) is 0 Å². The third-order valence-electron chi connectivity index (χ3n) is 2.80. The van der Waals surface area contributed by atoms with Gasteiger partial charge in [0.15, 0.2) is 0 Å². The molecule has 0 fully saturated rings. The Morgan fingerprint density at radius 3 is 2.48 bits per heavy atom. The molecule has 0 radical (unpaired) electrons. The van der Waals surface area contributed by atoms with Crippen LogP contribution in [0.3, 0.4) is 0 Å². The Balaban J connectivity index is 0.000000333. The molecule has 5 heteroatoms. The number of halogens is 2. The molecule has 0 atom stereocenters. The second-order valence-corrected chi connectivity index (χ2v) is 4.01. The normalized spacial score (nSPS) is 8.76. The zero-order valence-corrected chi connectivity index (χ0v) is 14.1. The van der Waals surface area contributed by atoms with Gasteiger partial charge in [-0.3, -0.25) is 0 Å². The number of benzene rings is 1. The summed E-state index contributed by atoms with van der Waals surface area (Å²) in [4.78, 5) is 6.94. The van der Waals surface area contributed by atoms with E-state index in [1.165, 1.54) is 10.8 Å². The van der Waals surface area contributed by atoms with E-state index in [9.17, 15) is 0 Å².